The topological polar surface area (TPSA) is 21.3 Å². The molecule has 0 amide bonds. The van der Waals surface area contributed by atoms with E-state index in [9.17, 15) is 0 Å². The Labute approximate surface area is 118 Å². The highest BCUT2D eigenvalue weighted by molar-refractivity contribution is 5.32. The summed E-state index contributed by atoms with van der Waals surface area (Å²) in [5.74, 6) is 1.01. The van der Waals surface area contributed by atoms with Crippen molar-refractivity contribution in [3.8, 4) is 5.75 Å². The van der Waals surface area contributed by atoms with E-state index in [1.807, 2.05) is 0 Å². The molecule has 0 aliphatic carbocycles. The van der Waals surface area contributed by atoms with Crippen molar-refractivity contribution in [2.75, 3.05) is 13.2 Å². The summed E-state index contributed by atoms with van der Waals surface area (Å²) in [6.45, 7) is 10.6. The van der Waals surface area contributed by atoms with Crippen molar-refractivity contribution in [3.63, 3.8) is 0 Å². The Kier molecular flexibility index (Phi) is 7.57. The van der Waals surface area contributed by atoms with Crippen molar-refractivity contribution in [2.45, 2.75) is 59.4 Å². The van der Waals surface area contributed by atoms with Gasteiger partial charge in [-0.1, -0.05) is 13.0 Å². The summed E-state index contributed by atoms with van der Waals surface area (Å²) in [4.78, 5) is 0. The Morgan fingerprint density at radius 3 is 2.42 bits per heavy atom. The van der Waals surface area contributed by atoms with E-state index in [1.54, 1.807) is 0 Å². The Balaban J connectivity index is 2.13. The number of benzene rings is 1. The molecule has 0 heterocycles. The molecule has 1 aromatic carbocycles. The highest BCUT2D eigenvalue weighted by Crippen LogP contribution is 2.16. The SMILES string of the molecule is CCCNC(C)CCCCOc1cc(C)cc(C)c1. The van der Waals surface area contributed by atoms with Crippen LogP contribution in [-0.2, 0) is 0 Å². The van der Waals surface area contributed by atoms with Gasteiger partial charge in [-0.05, 0) is 76.3 Å². The van der Waals surface area contributed by atoms with Crippen molar-refractivity contribution < 1.29 is 4.74 Å². The molecule has 0 fully saturated rings. The fourth-order valence-electron chi connectivity index (χ4n) is 2.25. The number of hydrogen-bond donors (Lipinski definition) is 1. The second-order valence-corrected chi connectivity index (χ2v) is 5.52. The third-order valence-electron chi connectivity index (χ3n) is 3.24. The highest BCUT2D eigenvalue weighted by Gasteiger charge is 2.01. The van der Waals surface area contributed by atoms with E-state index in [-0.39, 0.29) is 0 Å². The molecule has 2 nitrogen and oxygen atoms in total. The second-order valence-electron chi connectivity index (χ2n) is 5.52. The Morgan fingerprint density at radius 2 is 1.79 bits per heavy atom. The fraction of sp³-hybridized carbons (Fsp3) is 0.647. The standard InChI is InChI=1S/C17H29NO/c1-5-9-18-16(4)8-6-7-10-19-17-12-14(2)11-15(3)13-17/h11-13,16,18H,5-10H2,1-4H3. The second kappa shape index (κ2) is 8.98. The van der Waals surface area contributed by atoms with Gasteiger partial charge in [0.15, 0.2) is 0 Å². The molecule has 0 saturated heterocycles. The number of hydrogen-bond acceptors (Lipinski definition) is 2. The largest absolute Gasteiger partial charge is 0.494 e. The van der Waals surface area contributed by atoms with Crippen LogP contribution in [-0.4, -0.2) is 19.2 Å². The zero-order valence-electron chi connectivity index (χ0n) is 13.0. The molecule has 19 heavy (non-hydrogen) atoms. The van der Waals surface area contributed by atoms with Crippen LogP contribution in [0.2, 0.25) is 0 Å². The van der Waals surface area contributed by atoms with Crippen LogP contribution in [0.25, 0.3) is 0 Å². The first-order chi connectivity index (χ1) is 9.11. The van der Waals surface area contributed by atoms with Crippen LogP contribution in [0, 0.1) is 13.8 Å². The van der Waals surface area contributed by atoms with Gasteiger partial charge in [-0.25, -0.2) is 0 Å². The maximum atomic E-state index is 5.81. The van der Waals surface area contributed by atoms with E-state index in [0.717, 1.165) is 25.3 Å². The molecule has 2 heteroatoms. The molecule has 1 unspecified atom stereocenters. The summed E-state index contributed by atoms with van der Waals surface area (Å²) >= 11 is 0. The summed E-state index contributed by atoms with van der Waals surface area (Å²) in [5, 5.41) is 3.51. The average Bonchev–Trinajstić information content (AvgIpc) is 2.34. The van der Waals surface area contributed by atoms with Gasteiger partial charge in [-0.2, -0.15) is 0 Å². The van der Waals surface area contributed by atoms with Gasteiger partial charge in [0.05, 0.1) is 6.61 Å². The van der Waals surface area contributed by atoms with Crippen molar-refractivity contribution in [1.29, 1.82) is 0 Å². The molecule has 0 radical (unpaired) electrons. The molecule has 0 aliphatic rings. The molecule has 1 atom stereocenters. The van der Waals surface area contributed by atoms with Crippen LogP contribution in [0.1, 0.15) is 50.7 Å². The van der Waals surface area contributed by atoms with Crippen LogP contribution in [0.5, 0.6) is 5.75 Å². The molecule has 0 bridgehead atoms. The minimum absolute atomic E-state index is 0.626. The number of aryl methyl sites for hydroxylation is 2. The summed E-state index contributed by atoms with van der Waals surface area (Å²) < 4.78 is 5.81. The smallest absolute Gasteiger partial charge is 0.119 e. The van der Waals surface area contributed by atoms with E-state index in [1.165, 1.54) is 30.4 Å². The molecular formula is C17H29NO. The van der Waals surface area contributed by atoms with E-state index < -0.39 is 0 Å². The maximum Gasteiger partial charge on any atom is 0.119 e. The summed E-state index contributed by atoms with van der Waals surface area (Å²) in [6, 6.07) is 7.02. The third-order valence-corrected chi connectivity index (χ3v) is 3.24. The maximum absolute atomic E-state index is 5.81. The van der Waals surface area contributed by atoms with Crippen LogP contribution in [0.4, 0.5) is 0 Å². The highest BCUT2D eigenvalue weighted by atomic mass is 16.5. The van der Waals surface area contributed by atoms with Crippen molar-refractivity contribution in [1.82, 2.24) is 5.32 Å². The Hall–Kier alpha value is -1.02. The first-order valence-corrected chi connectivity index (χ1v) is 7.56. The third kappa shape index (κ3) is 7.22. The van der Waals surface area contributed by atoms with Gasteiger partial charge < -0.3 is 10.1 Å². The fourth-order valence-corrected chi connectivity index (χ4v) is 2.25. The van der Waals surface area contributed by atoms with E-state index in [4.69, 9.17) is 4.74 Å². The monoisotopic (exact) mass is 263 g/mol. The van der Waals surface area contributed by atoms with Gasteiger partial charge in [0.2, 0.25) is 0 Å². The first-order valence-electron chi connectivity index (χ1n) is 7.56. The minimum atomic E-state index is 0.626. The number of nitrogens with one attached hydrogen (secondary N) is 1. The molecule has 0 aliphatic heterocycles. The summed E-state index contributed by atoms with van der Waals surface area (Å²) in [6.07, 6.45) is 4.80. The van der Waals surface area contributed by atoms with E-state index in [2.05, 4.69) is 51.2 Å². The van der Waals surface area contributed by atoms with Crippen molar-refractivity contribution in [3.05, 3.63) is 29.3 Å². The van der Waals surface area contributed by atoms with Gasteiger partial charge in [0, 0.05) is 6.04 Å². The Morgan fingerprint density at radius 1 is 1.11 bits per heavy atom. The average molecular weight is 263 g/mol. The van der Waals surface area contributed by atoms with Crippen molar-refractivity contribution in [2.24, 2.45) is 0 Å². The Bertz CT molecular complexity index is 342. The lowest BCUT2D eigenvalue weighted by Crippen LogP contribution is -2.26. The van der Waals surface area contributed by atoms with Gasteiger partial charge in [-0.3, -0.25) is 0 Å². The normalized spacial score (nSPS) is 12.4. The summed E-state index contributed by atoms with van der Waals surface area (Å²) in [5.41, 5.74) is 2.54. The first kappa shape index (κ1) is 16.0. The van der Waals surface area contributed by atoms with E-state index in [0.29, 0.717) is 6.04 Å². The lowest BCUT2D eigenvalue weighted by atomic mass is 10.1. The lowest BCUT2D eigenvalue weighted by Gasteiger charge is -2.13. The molecule has 1 N–H and O–H groups in total. The molecule has 0 spiro atoms. The zero-order chi connectivity index (χ0) is 14.1. The molecule has 1 aromatic rings. The number of unbranched alkanes of at least 4 members (excludes halogenated alkanes) is 1. The minimum Gasteiger partial charge on any atom is -0.494 e. The van der Waals surface area contributed by atoms with Gasteiger partial charge in [-0.15, -0.1) is 0 Å². The quantitative estimate of drug-likeness (QED) is 0.673. The predicted molar refractivity (Wildman–Crippen MR) is 83.0 cm³/mol. The summed E-state index contributed by atoms with van der Waals surface area (Å²) in [7, 11) is 0. The molecule has 0 saturated carbocycles. The number of rotatable bonds is 9. The molecule has 0 aromatic heterocycles. The van der Waals surface area contributed by atoms with Crippen LogP contribution >= 0.6 is 0 Å². The van der Waals surface area contributed by atoms with Gasteiger partial charge >= 0.3 is 0 Å². The number of ether oxygens (including phenoxy) is 1. The van der Waals surface area contributed by atoms with Crippen LogP contribution in [0.15, 0.2) is 18.2 Å². The van der Waals surface area contributed by atoms with Crippen LogP contribution in [0.3, 0.4) is 0 Å². The van der Waals surface area contributed by atoms with E-state index >= 15 is 0 Å². The van der Waals surface area contributed by atoms with Crippen LogP contribution < -0.4 is 10.1 Å². The van der Waals surface area contributed by atoms with Gasteiger partial charge in [0.25, 0.3) is 0 Å². The molecule has 1 rings (SSSR count). The van der Waals surface area contributed by atoms with Crippen molar-refractivity contribution >= 4 is 0 Å². The molecular weight excluding hydrogens is 234 g/mol. The zero-order valence-corrected chi connectivity index (χ0v) is 13.0. The van der Waals surface area contributed by atoms with Gasteiger partial charge in [0.1, 0.15) is 5.75 Å². The lowest BCUT2D eigenvalue weighted by molar-refractivity contribution is 0.301. The molecule has 108 valence electrons. The predicted octanol–water partition coefficient (Wildman–Crippen LogP) is 4.24.